The van der Waals surface area contributed by atoms with Crippen LogP contribution >= 0.6 is 12.4 Å². The number of amides is 1. The van der Waals surface area contributed by atoms with Gasteiger partial charge in [-0.1, -0.05) is 37.3 Å². The molecule has 0 aromatic heterocycles. The van der Waals surface area contributed by atoms with Crippen molar-refractivity contribution in [3.63, 3.8) is 0 Å². The summed E-state index contributed by atoms with van der Waals surface area (Å²) in [4.78, 5) is 14.3. The van der Waals surface area contributed by atoms with Gasteiger partial charge in [0.05, 0.1) is 6.54 Å². The predicted molar refractivity (Wildman–Crippen MR) is 88.4 cm³/mol. The zero-order chi connectivity index (χ0) is 14.4. The van der Waals surface area contributed by atoms with Gasteiger partial charge in [0.1, 0.15) is 0 Å². The maximum atomic E-state index is 12.1. The summed E-state index contributed by atoms with van der Waals surface area (Å²) in [5, 5.41) is 2.98. The number of nitrogens with two attached hydrogens (primary N) is 1. The van der Waals surface area contributed by atoms with E-state index in [1.807, 2.05) is 30.3 Å². The van der Waals surface area contributed by atoms with Gasteiger partial charge in [0.15, 0.2) is 0 Å². The van der Waals surface area contributed by atoms with Crippen LogP contribution in [0.1, 0.15) is 25.3 Å². The van der Waals surface area contributed by atoms with Crippen LogP contribution in [0.2, 0.25) is 0 Å². The van der Waals surface area contributed by atoms with Gasteiger partial charge in [-0.15, -0.1) is 12.4 Å². The quantitative estimate of drug-likeness (QED) is 0.871. The number of nitrogens with zero attached hydrogens (tertiary/aromatic N) is 1. The van der Waals surface area contributed by atoms with Gasteiger partial charge in [-0.3, -0.25) is 9.69 Å². The van der Waals surface area contributed by atoms with Gasteiger partial charge in [0, 0.05) is 19.1 Å². The van der Waals surface area contributed by atoms with Crippen LogP contribution in [0, 0.1) is 5.92 Å². The summed E-state index contributed by atoms with van der Waals surface area (Å²) in [7, 11) is 0. The number of carbonyl (C=O) groups is 1. The van der Waals surface area contributed by atoms with Crippen LogP contribution in [0.5, 0.6) is 0 Å². The lowest BCUT2D eigenvalue weighted by molar-refractivity contribution is -0.123. The van der Waals surface area contributed by atoms with Crippen molar-refractivity contribution in [1.29, 1.82) is 0 Å². The van der Waals surface area contributed by atoms with Crippen LogP contribution in [0.15, 0.2) is 30.3 Å². The first-order chi connectivity index (χ1) is 9.70. The second-order valence-corrected chi connectivity index (χ2v) is 5.66. The van der Waals surface area contributed by atoms with Crippen molar-refractivity contribution in [1.82, 2.24) is 10.2 Å². The molecule has 1 aliphatic heterocycles. The first-order valence-corrected chi connectivity index (χ1v) is 7.45. The molecule has 2 atom stereocenters. The van der Waals surface area contributed by atoms with Crippen LogP contribution in [-0.2, 0) is 11.3 Å². The minimum Gasteiger partial charge on any atom is -0.351 e. The van der Waals surface area contributed by atoms with Gasteiger partial charge < -0.3 is 11.1 Å². The van der Waals surface area contributed by atoms with E-state index in [-0.39, 0.29) is 18.3 Å². The number of hydrogen-bond donors (Lipinski definition) is 2. The van der Waals surface area contributed by atoms with Crippen molar-refractivity contribution in [3.05, 3.63) is 35.9 Å². The van der Waals surface area contributed by atoms with Crippen molar-refractivity contribution in [2.75, 3.05) is 19.6 Å². The highest BCUT2D eigenvalue weighted by molar-refractivity contribution is 5.85. The van der Waals surface area contributed by atoms with Gasteiger partial charge in [0.2, 0.25) is 5.91 Å². The number of rotatable bonds is 5. The Morgan fingerprint density at radius 3 is 2.76 bits per heavy atom. The molecule has 5 heteroatoms. The Bertz CT molecular complexity index is 427. The zero-order valence-electron chi connectivity index (χ0n) is 12.6. The predicted octanol–water partition coefficient (Wildman–Crippen LogP) is 1.78. The Morgan fingerprint density at radius 1 is 1.38 bits per heavy atom. The molecule has 118 valence electrons. The minimum absolute atomic E-state index is 0. The van der Waals surface area contributed by atoms with Gasteiger partial charge >= 0.3 is 0 Å². The van der Waals surface area contributed by atoms with E-state index in [1.165, 1.54) is 6.42 Å². The number of carbonyl (C=O) groups excluding carboxylic acids is 1. The highest BCUT2D eigenvalue weighted by Crippen LogP contribution is 2.22. The Hall–Kier alpha value is -1.10. The maximum Gasteiger partial charge on any atom is 0.234 e. The van der Waals surface area contributed by atoms with Crippen molar-refractivity contribution in [3.8, 4) is 0 Å². The molecule has 21 heavy (non-hydrogen) atoms. The van der Waals surface area contributed by atoms with Crippen molar-refractivity contribution < 1.29 is 4.79 Å². The maximum absolute atomic E-state index is 12.1. The van der Waals surface area contributed by atoms with E-state index in [0.29, 0.717) is 31.6 Å². The second kappa shape index (κ2) is 9.03. The number of halogens is 1. The molecule has 1 amide bonds. The van der Waals surface area contributed by atoms with Crippen molar-refractivity contribution in [2.45, 2.75) is 32.4 Å². The zero-order valence-corrected chi connectivity index (χ0v) is 13.4. The number of piperidine rings is 1. The molecular weight excluding hydrogens is 286 g/mol. The Kier molecular flexibility index (Phi) is 7.72. The lowest BCUT2D eigenvalue weighted by Crippen LogP contribution is -2.51. The van der Waals surface area contributed by atoms with E-state index in [9.17, 15) is 4.79 Å². The summed E-state index contributed by atoms with van der Waals surface area (Å²) in [6.45, 7) is 4.89. The third-order valence-electron chi connectivity index (χ3n) is 4.15. The fourth-order valence-corrected chi connectivity index (χ4v) is 2.95. The molecule has 1 fully saturated rings. The molecule has 1 aromatic carbocycles. The number of benzene rings is 1. The summed E-state index contributed by atoms with van der Waals surface area (Å²) in [6.07, 6.45) is 2.37. The molecular formula is C16H26ClN3O. The summed E-state index contributed by atoms with van der Waals surface area (Å²) >= 11 is 0. The average molecular weight is 312 g/mol. The topological polar surface area (TPSA) is 58.4 Å². The van der Waals surface area contributed by atoms with E-state index in [0.717, 1.165) is 18.5 Å². The van der Waals surface area contributed by atoms with E-state index in [2.05, 4.69) is 17.1 Å². The minimum atomic E-state index is 0. The monoisotopic (exact) mass is 311 g/mol. The van der Waals surface area contributed by atoms with Crippen LogP contribution in [0.3, 0.4) is 0 Å². The van der Waals surface area contributed by atoms with E-state index >= 15 is 0 Å². The normalized spacial score (nSPS) is 22.4. The fraction of sp³-hybridized carbons (Fsp3) is 0.562. The lowest BCUT2D eigenvalue weighted by atomic mass is 9.91. The first kappa shape index (κ1) is 18.0. The molecule has 3 N–H and O–H groups in total. The molecule has 2 unspecified atom stereocenters. The number of likely N-dealkylation sites (tertiary alicyclic amines) is 1. The molecule has 2 rings (SSSR count). The van der Waals surface area contributed by atoms with Gasteiger partial charge in [-0.05, 0) is 30.9 Å². The van der Waals surface area contributed by atoms with Crippen LogP contribution in [0.4, 0.5) is 0 Å². The summed E-state index contributed by atoms with van der Waals surface area (Å²) in [5.74, 6) is 0.664. The van der Waals surface area contributed by atoms with Gasteiger partial charge in [-0.2, -0.15) is 0 Å². The Balaban J connectivity index is 0.00000220. The molecule has 1 aliphatic rings. The molecule has 0 saturated carbocycles. The van der Waals surface area contributed by atoms with E-state index in [4.69, 9.17) is 5.73 Å². The van der Waals surface area contributed by atoms with Crippen LogP contribution < -0.4 is 11.1 Å². The van der Waals surface area contributed by atoms with Gasteiger partial charge in [-0.25, -0.2) is 0 Å². The molecule has 0 radical (unpaired) electrons. The van der Waals surface area contributed by atoms with Crippen LogP contribution in [-0.4, -0.2) is 36.5 Å². The summed E-state index contributed by atoms with van der Waals surface area (Å²) in [5.41, 5.74) is 6.98. The van der Waals surface area contributed by atoms with E-state index < -0.39 is 0 Å². The van der Waals surface area contributed by atoms with E-state index in [1.54, 1.807) is 0 Å². The highest BCUT2D eigenvalue weighted by Gasteiger charge is 2.28. The van der Waals surface area contributed by atoms with Crippen molar-refractivity contribution >= 4 is 18.3 Å². The smallest absolute Gasteiger partial charge is 0.234 e. The van der Waals surface area contributed by atoms with Crippen LogP contribution in [0.25, 0.3) is 0 Å². The average Bonchev–Trinajstić information content (AvgIpc) is 2.46. The molecule has 0 bridgehead atoms. The Morgan fingerprint density at radius 2 is 2.10 bits per heavy atom. The molecule has 4 nitrogen and oxygen atoms in total. The SMILES string of the molecule is CC1CCCN(CC(=O)NCc2ccccc2)C1CN.Cl. The number of nitrogens with one attached hydrogen (secondary N) is 1. The molecule has 0 aliphatic carbocycles. The largest absolute Gasteiger partial charge is 0.351 e. The molecule has 1 saturated heterocycles. The standard InChI is InChI=1S/C16H25N3O.ClH/c1-13-6-5-9-19(15(13)10-17)12-16(20)18-11-14-7-3-2-4-8-14;/h2-4,7-8,13,15H,5-6,9-12,17H2,1H3,(H,18,20);1H. The first-order valence-electron chi connectivity index (χ1n) is 7.45. The summed E-state index contributed by atoms with van der Waals surface area (Å²) < 4.78 is 0. The van der Waals surface area contributed by atoms with Gasteiger partial charge in [0.25, 0.3) is 0 Å². The third-order valence-corrected chi connectivity index (χ3v) is 4.15. The lowest BCUT2D eigenvalue weighted by Gasteiger charge is -2.38. The fourth-order valence-electron chi connectivity index (χ4n) is 2.95. The highest BCUT2D eigenvalue weighted by atomic mass is 35.5. The summed E-state index contributed by atoms with van der Waals surface area (Å²) in [6, 6.07) is 10.3. The molecule has 1 aromatic rings. The molecule has 1 heterocycles. The third kappa shape index (κ3) is 5.30. The van der Waals surface area contributed by atoms with Crippen molar-refractivity contribution in [2.24, 2.45) is 11.7 Å². The second-order valence-electron chi connectivity index (χ2n) is 5.66. The Labute approximate surface area is 133 Å². The molecule has 0 spiro atoms. The number of hydrogen-bond acceptors (Lipinski definition) is 3.